The molecule has 0 N–H and O–H groups in total. The van der Waals surface area contributed by atoms with Gasteiger partial charge in [0.15, 0.2) is 11.5 Å². The van der Waals surface area contributed by atoms with E-state index < -0.39 is 0 Å². The van der Waals surface area contributed by atoms with Gasteiger partial charge in [0.2, 0.25) is 0 Å². The Morgan fingerprint density at radius 2 is 2.05 bits per heavy atom. The second kappa shape index (κ2) is 6.47. The van der Waals surface area contributed by atoms with E-state index in [2.05, 4.69) is 6.07 Å². The second-order valence-corrected chi connectivity index (χ2v) is 5.24. The Hall–Kier alpha value is -1.69. The first-order valence-corrected chi connectivity index (χ1v) is 6.96. The zero-order chi connectivity index (χ0) is 13.7. The molecule has 2 rings (SSSR count). The molecular weight excluding hydrogens is 238 g/mol. The van der Waals surface area contributed by atoms with Crippen LogP contribution in [0.3, 0.4) is 0 Å². The molecule has 0 saturated heterocycles. The molecule has 0 spiro atoms. The van der Waals surface area contributed by atoms with Gasteiger partial charge in [0, 0.05) is 5.92 Å². The number of methoxy groups -OCH3 is 1. The Morgan fingerprint density at radius 3 is 2.68 bits per heavy atom. The van der Waals surface area contributed by atoms with Crippen molar-refractivity contribution in [3.05, 3.63) is 23.8 Å². The molecule has 0 amide bonds. The molecular formula is C16H21NO2. The normalized spacial score (nSPS) is 16.9. The van der Waals surface area contributed by atoms with Gasteiger partial charge in [-0.05, 0) is 56.7 Å². The predicted octanol–water partition coefficient (Wildman–Crippen LogP) is 3.72. The fraction of sp³-hybridized carbons (Fsp3) is 0.562. The smallest absolute Gasteiger partial charge is 0.161 e. The van der Waals surface area contributed by atoms with E-state index in [0.29, 0.717) is 6.10 Å². The quantitative estimate of drug-likeness (QED) is 0.809. The maximum atomic E-state index is 8.89. The van der Waals surface area contributed by atoms with Crippen molar-refractivity contribution in [3.63, 3.8) is 0 Å². The minimum Gasteiger partial charge on any atom is -0.493 e. The number of benzene rings is 1. The molecule has 3 heteroatoms. The molecule has 1 aliphatic rings. The van der Waals surface area contributed by atoms with Crippen molar-refractivity contribution < 1.29 is 9.47 Å². The molecule has 1 atom stereocenters. The number of nitriles is 1. The lowest BCUT2D eigenvalue weighted by atomic mass is 10.0. The van der Waals surface area contributed by atoms with Crippen molar-refractivity contribution in [2.75, 3.05) is 7.11 Å². The Kier molecular flexibility index (Phi) is 4.68. The molecule has 102 valence electrons. The molecule has 0 bridgehead atoms. The summed E-state index contributed by atoms with van der Waals surface area (Å²) in [7, 11) is 1.66. The highest BCUT2D eigenvalue weighted by Crippen LogP contribution is 2.32. The van der Waals surface area contributed by atoms with Crippen LogP contribution in [0.25, 0.3) is 0 Å². The first-order chi connectivity index (χ1) is 9.22. The van der Waals surface area contributed by atoms with Crippen molar-refractivity contribution in [1.82, 2.24) is 0 Å². The number of nitrogens with zero attached hydrogens (tertiary/aromatic N) is 1. The van der Waals surface area contributed by atoms with Crippen molar-refractivity contribution >= 4 is 0 Å². The van der Waals surface area contributed by atoms with Gasteiger partial charge >= 0.3 is 0 Å². The summed E-state index contributed by atoms with van der Waals surface area (Å²) in [4.78, 5) is 0. The van der Waals surface area contributed by atoms with E-state index in [4.69, 9.17) is 14.7 Å². The summed E-state index contributed by atoms with van der Waals surface area (Å²) in [6.07, 6.45) is 5.82. The number of hydrogen-bond acceptors (Lipinski definition) is 3. The molecule has 0 aliphatic heterocycles. The predicted molar refractivity (Wildman–Crippen MR) is 74.4 cm³/mol. The van der Waals surface area contributed by atoms with Crippen LogP contribution in [0.15, 0.2) is 18.2 Å². The van der Waals surface area contributed by atoms with Crippen molar-refractivity contribution in [2.24, 2.45) is 5.92 Å². The third-order valence-electron chi connectivity index (χ3n) is 3.59. The highest BCUT2D eigenvalue weighted by Gasteiger charge is 2.18. The van der Waals surface area contributed by atoms with Gasteiger partial charge in [0.05, 0.1) is 19.3 Å². The molecule has 1 unspecified atom stereocenters. The maximum absolute atomic E-state index is 8.89. The zero-order valence-corrected chi connectivity index (χ0v) is 11.7. The highest BCUT2D eigenvalue weighted by molar-refractivity contribution is 5.43. The maximum Gasteiger partial charge on any atom is 0.161 e. The SMILES string of the molecule is COc1ccc(CC(C)C#N)cc1OC1CCCC1. The van der Waals surface area contributed by atoms with Crippen molar-refractivity contribution in [2.45, 2.75) is 45.1 Å². The molecule has 1 aromatic rings. The van der Waals surface area contributed by atoms with Crippen LogP contribution in [0.5, 0.6) is 11.5 Å². The lowest BCUT2D eigenvalue weighted by molar-refractivity contribution is 0.200. The molecule has 3 nitrogen and oxygen atoms in total. The highest BCUT2D eigenvalue weighted by atomic mass is 16.5. The largest absolute Gasteiger partial charge is 0.493 e. The Bertz CT molecular complexity index is 458. The molecule has 1 saturated carbocycles. The van der Waals surface area contributed by atoms with E-state index in [-0.39, 0.29) is 5.92 Å². The van der Waals surface area contributed by atoms with Gasteiger partial charge in [-0.25, -0.2) is 0 Å². The van der Waals surface area contributed by atoms with E-state index in [1.807, 2.05) is 25.1 Å². The molecule has 1 aromatic carbocycles. The number of ether oxygens (including phenoxy) is 2. The van der Waals surface area contributed by atoms with Gasteiger partial charge in [-0.1, -0.05) is 6.07 Å². The van der Waals surface area contributed by atoms with E-state index in [0.717, 1.165) is 36.3 Å². The molecule has 1 fully saturated rings. The number of hydrogen-bond donors (Lipinski definition) is 0. The monoisotopic (exact) mass is 259 g/mol. The second-order valence-electron chi connectivity index (χ2n) is 5.24. The summed E-state index contributed by atoms with van der Waals surface area (Å²) in [5.41, 5.74) is 1.13. The van der Waals surface area contributed by atoms with Crippen LogP contribution >= 0.6 is 0 Å². The standard InChI is InChI=1S/C16H21NO2/c1-12(11-17)9-13-7-8-15(18-2)16(10-13)19-14-5-3-4-6-14/h7-8,10,12,14H,3-6,9H2,1-2H3. The van der Waals surface area contributed by atoms with Crippen molar-refractivity contribution in [3.8, 4) is 17.6 Å². The lowest BCUT2D eigenvalue weighted by Gasteiger charge is -2.17. The Labute approximate surface area is 115 Å². The summed E-state index contributed by atoms with van der Waals surface area (Å²) in [5.74, 6) is 1.62. The van der Waals surface area contributed by atoms with Crippen LogP contribution in [0, 0.1) is 17.2 Å². The van der Waals surface area contributed by atoms with Crippen LogP contribution in [-0.4, -0.2) is 13.2 Å². The fourth-order valence-corrected chi connectivity index (χ4v) is 2.53. The Morgan fingerprint density at radius 1 is 1.32 bits per heavy atom. The average Bonchev–Trinajstić information content (AvgIpc) is 2.92. The molecule has 0 aromatic heterocycles. The number of rotatable bonds is 5. The van der Waals surface area contributed by atoms with Crippen LogP contribution in [0.4, 0.5) is 0 Å². The summed E-state index contributed by atoms with van der Waals surface area (Å²) in [6.45, 7) is 1.93. The first kappa shape index (κ1) is 13.7. The van der Waals surface area contributed by atoms with E-state index in [9.17, 15) is 0 Å². The van der Waals surface area contributed by atoms with Gasteiger partial charge < -0.3 is 9.47 Å². The van der Waals surface area contributed by atoms with Gasteiger partial charge in [-0.2, -0.15) is 5.26 Å². The molecule has 0 heterocycles. The summed E-state index contributed by atoms with van der Waals surface area (Å²) in [6, 6.07) is 8.22. The van der Waals surface area contributed by atoms with Gasteiger partial charge in [-0.3, -0.25) is 0 Å². The topological polar surface area (TPSA) is 42.2 Å². The molecule has 1 aliphatic carbocycles. The van der Waals surface area contributed by atoms with E-state index in [1.165, 1.54) is 12.8 Å². The summed E-state index contributed by atoms with van der Waals surface area (Å²) < 4.78 is 11.4. The average molecular weight is 259 g/mol. The molecule has 19 heavy (non-hydrogen) atoms. The lowest BCUT2D eigenvalue weighted by Crippen LogP contribution is -2.12. The van der Waals surface area contributed by atoms with E-state index in [1.54, 1.807) is 7.11 Å². The van der Waals surface area contributed by atoms with Crippen LogP contribution in [-0.2, 0) is 6.42 Å². The summed E-state index contributed by atoms with van der Waals surface area (Å²) >= 11 is 0. The molecule has 0 radical (unpaired) electrons. The van der Waals surface area contributed by atoms with Crippen LogP contribution in [0.2, 0.25) is 0 Å². The first-order valence-electron chi connectivity index (χ1n) is 6.96. The van der Waals surface area contributed by atoms with Crippen molar-refractivity contribution in [1.29, 1.82) is 5.26 Å². The van der Waals surface area contributed by atoms with Gasteiger partial charge in [-0.15, -0.1) is 0 Å². The van der Waals surface area contributed by atoms with E-state index >= 15 is 0 Å². The minimum absolute atomic E-state index is 0.0210. The zero-order valence-electron chi connectivity index (χ0n) is 11.7. The third kappa shape index (κ3) is 3.64. The van der Waals surface area contributed by atoms with Gasteiger partial charge in [0.1, 0.15) is 0 Å². The van der Waals surface area contributed by atoms with Crippen LogP contribution in [0.1, 0.15) is 38.2 Å². The summed E-state index contributed by atoms with van der Waals surface area (Å²) in [5, 5.41) is 8.89. The van der Waals surface area contributed by atoms with Gasteiger partial charge in [0.25, 0.3) is 0 Å². The minimum atomic E-state index is 0.0210. The fourth-order valence-electron chi connectivity index (χ4n) is 2.53. The van der Waals surface area contributed by atoms with Crippen LogP contribution < -0.4 is 9.47 Å². The third-order valence-corrected chi connectivity index (χ3v) is 3.59. The Balaban J connectivity index is 2.13.